The Hall–Kier alpha value is -1.18. The number of allylic oxidation sites excluding steroid dienone is 4. The number of alkyl halides is 1. The minimum Gasteiger partial charge on any atom is -0.388 e. The van der Waals surface area contributed by atoms with Crippen LogP contribution in [0.3, 0.4) is 0 Å². The maximum atomic E-state index is 12.6. The van der Waals surface area contributed by atoms with E-state index in [-0.39, 0.29) is 23.9 Å². The molecule has 1 saturated carbocycles. The van der Waals surface area contributed by atoms with E-state index in [1.165, 1.54) is 11.1 Å². The molecule has 6 atom stereocenters. The number of epoxide rings is 1. The molecule has 3 unspecified atom stereocenters. The maximum Gasteiger partial charge on any atom is 0.238 e. The SMILES string of the molecule is CO[C@@H]1C(NNC(=O)C/C(C)=C/CC=C(C)C)CC[C@](O)(CCl)[C@@]1(C)C1(C)OC1CC=C(C)C. The molecule has 194 valence electrons. The van der Waals surface area contributed by atoms with E-state index in [2.05, 4.69) is 56.8 Å². The van der Waals surface area contributed by atoms with Crippen LogP contribution in [0.2, 0.25) is 0 Å². The Morgan fingerprint density at radius 1 is 1.15 bits per heavy atom. The van der Waals surface area contributed by atoms with Gasteiger partial charge in [-0.1, -0.05) is 41.9 Å². The standard InChI is InChI=1S/C27H45ClN2O4/c1-18(2)10-9-11-20(5)16-23(31)30-29-21-14-15-27(32,17-28)25(6,24(21)33-8)26(7)22(34-26)13-12-19(3)4/h10-12,21-22,24,29,32H,9,13-17H2,1-8H3,(H,30,31)/b20-11+/t21?,22?,24-,25-,26?,27+/m1/s1. The van der Waals surface area contributed by atoms with Crippen LogP contribution in [-0.4, -0.2) is 53.5 Å². The average Bonchev–Trinajstić information content (AvgIpc) is 3.44. The van der Waals surface area contributed by atoms with Gasteiger partial charge in [0.15, 0.2) is 0 Å². The Kier molecular flexibility index (Phi) is 10.0. The molecular weight excluding hydrogens is 452 g/mol. The van der Waals surface area contributed by atoms with Crippen LogP contribution in [0.25, 0.3) is 0 Å². The first-order valence-corrected chi connectivity index (χ1v) is 12.8. The molecular formula is C27H45ClN2O4. The Morgan fingerprint density at radius 2 is 1.79 bits per heavy atom. The van der Waals surface area contributed by atoms with Gasteiger partial charge in [-0.3, -0.25) is 10.2 Å². The molecule has 0 bridgehead atoms. The molecule has 0 spiro atoms. The molecule has 7 heteroatoms. The lowest BCUT2D eigenvalue weighted by molar-refractivity contribution is -0.201. The molecule has 0 aromatic rings. The summed E-state index contributed by atoms with van der Waals surface area (Å²) in [4.78, 5) is 12.6. The van der Waals surface area contributed by atoms with Crippen molar-refractivity contribution in [2.75, 3.05) is 13.0 Å². The summed E-state index contributed by atoms with van der Waals surface area (Å²) in [6.45, 7) is 14.3. The van der Waals surface area contributed by atoms with Gasteiger partial charge in [-0.15, -0.1) is 11.6 Å². The molecule has 0 aromatic heterocycles. The van der Waals surface area contributed by atoms with Crippen molar-refractivity contribution in [3.63, 3.8) is 0 Å². The summed E-state index contributed by atoms with van der Waals surface area (Å²) in [5.41, 5.74) is 7.04. The van der Waals surface area contributed by atoms with Gasteiger partial charge in [0, 0.05) is 13.5 Å². The molecule has 0 aromatic carbocycles. The van der Waals surface area contributed by atoms with Crippen LogP contribution in [0.15, 0.2) is 34.9 Å². The number of rotatable bonds is 11. The second kappa shape index (κ2) is 11.7. The van der Waals surface area contributed by atoms with Crippen LogP contribution >= 0.6 is 11.6 Å². The third-order valence-electron chi connectivity index (χ3n) is 7.79. The van der Waals surface area contributed by atoms with Gasteiger partial charge in [0.1, 0.15) is 5.60 Å². The highest BCUT2D eigenvalue weighted by Crippen LogP contribution is 2.62. The summed E-state index contributed by atoms with van der Waals surface area (Å²) < 4.78 is 12.2. The second-order valence-electron chi connectivity index (χ2n) is 10.8. The van der Waals surface area contributed by atoms with Crippen molar-refractivity contribution < 1.29 is 19.4 Å². The summed E-state index contributed by atoms with van der Waals surface area (Å²) >= 11 is 6.36. The molecule has 1 aliphatic heterocycles. The number of amides is 1. The quantitative estimate of drug-likeness (QED) is 0.163. The van der Waals surface area contributed by atoms with E-state index >= 15 is 0 Å². The molecule has 1 heterocycles. The van der Waals surface area contributed by atoms with Gasteiger partial charge in [-0.05, 0) is 67.2 Å². The molecule has 1 amide bonds. The molecule has 34 heavy (non-hydrogen) atoms. The monoisotopic (exact) mass is 496 g/mol. The maximum absolute atomic E-state index is 12.6. The number of hydrazine groups is 1. The van der Waals surface area contributed by atoms with Crippen molar-refractivity contribution in [2.45, 2.75) is 110 Å². The fourth-order valence-electron chi connectivity index (χ4n) is 5.34. The zero-order valence-corrected chi connectivity index (χ0v) is 23.0. The van der Waals surface area contributed by atoms with Gasteiger partial charge in [0.25, 0.3) is 0 Å². The largest absolute Gasteiger partial charge is 0.388 e. The van der Waals surface area contributed by atoms with Gasteiger partial charge >= 0.3 is 0 Å². The number of carbonyl (C=O) groups excluding carboxylic acids is 1. The van der Waals surface area contributed by atoms with Crippen LogP contribution in [0.5, 0.6) is 0 Å². The lowest BCUT2D eigenvalue weighted by Gasteiger charge is -2.56. The highest BCUT2D eigenvalue weighted by Gasteiger charge is 2.74. The molecule has 3 N–H and O–H groups in total. The summed E-state index contributed by atoms with van der Waals surface area (Å²) in [6, 6.07) is -0.192. The molecule has 2 rings (SSSR count). The predicted octanol–water partition coefficient (Wildman–Crippen LogP) is 4.97. The van der Waals surface area contributed by atoms with E-state index in [9.17, 15) is 9.90 Å². The Bertz CT molecular complexity index is 817. The molecule has 1 saturated heterocycles. The third kappa shape index (κ3) is 6.14. The van der Waals surface area contributed by atoms with Gasteiger partial charge in [0.2, 0.25) is 5.91 Å². The minimum absolute atomic E-state index is 0.0262. The van der Waals surface area contributed by atoms with Crippen LogP contribution in [0.4, 0.5) is 0 Å². The third-order valence-corrected chi connectivity index (χ3v) is 8.23. The topological polar surface area (TPSA) is 83.1 Å². The van der Waals surface area contributed by atoms with Gasteiger partial charge in [0.05, 0.1) is 35.1 Å². The highest BCUT2D eigenvalue weighted by atomic mass is 35.5. The fraction of sp³-hybridized carbons (Fsp3) is 0.741. The van der Waals surface area contributed by atoms with E-state index in [0.717, 1.165) is 18.4 Å². The summed E-state index contributed by atoms with van der Waals surface area (Å²) in [5.74, 6) is -0.0112. The fourth-order valence-corrected chi connectivity index (χ4v) is 5.75. The van der Waals surface area contributed by atoms with E-state index in [1.54, 1.807) is 7.11 Å². The van der Waals surface area contributed by atoms with Crippen molar-refractivity contribution >= 4 is 17.5 Å². The first-order chi connectivity index (χ1) is 15.8. The van der Waals surface area contributed by atoms with Crippen molar-refractivity contribution in [3.05, 3.63) is 34.9 Å². The number of hydrogen-bond donors (Lipinski definition) is 3. The van der Waals surface area contributed by atoms with Crippen LogP contribution in [-0.2, 0) is 14.3 Å². The lowest BCUT2D eigenvalue weighted by Crippen LogP contribution is -2.71. The van der Waals surface area contributed by atoms with E-state index < -0.39 is 22.7 Å². The molecule has 2 fully saturated rings. The van der Waals surface area contributed by atoms with Crippen molar-refractivity contribution in [2.24, 2.45) is 5.41 Å². The van der Waals surface area contributed by atoms with E-state index in [1.807, 2.05) is 20.8 Å². The second-order valence-corrected chi connectivity index (χ2v) is 11.1. The number of carbonyl (C=O) groups is 1. The number of aliphatic hydroxyl groups is 1. The highest BCUT2D eigenvalue weighted by molar-refractivity contribution is 6.18. The van der Waals surface area contributed by atoms with Gasteiger partial charge < -0.3 is 14.6 Å². The Morgan fingerprint density at radius 3 is 2.35 bits per heavy atom. The minimum atomic E-state index is -1.16. The average molecular weight is 497 g/mol. The molecule has 6 nitrogen and oxygen atoms in total. The van der Waals surface area contributed by atoms with Gasteiger partial charge in [-0.25, -0.2) is 5.43 Å². The van der Waals surface area contributed by atoms with Crippen LogP contribution in [0, 0.1) is 5.41 Å². The number of methoxy groups -OCH3 is 1. The van der Waals surface area contributed by atoms with Crippen LogP contribution < -0.4 is 10.9 Å². The zero-order valence-electron chi connectivity index (χ0n) is 22.3. The van der Waals surface area contributed by atoms with E-state index in [4.69, 9.17) is 21.1 Å². The Balaban J connectivity index is 2.14. The first-order valence-electron chi connectivity index (χ1n) is 12.3. The smallest absolute Gasteiger partial charge is 0.238 e. The lowest BCUT2D eigenvalue weighted by atomic mass is 9.55. The van der Waals surface area contributed by atoms with Crippen molar-refractivity contribution in [1.82, 2.24) is 10.9 Å². The number of ether oxygens (including phenoxy) is 2. The first kappa shape index (κ1) is 29.1. The van der Waals surface area contributed by atoms with Crippen molar-refractivity contribution in [1.29, 1.82) is 0 Å². The number of nitrogens with one attached hydrogen (secondary N) is 2. The predicted molar refractivity (Wildman–Crippen MR) is 139 cm³/mol. The molecule has 0 radical (unpaired) electrons. The summed E-state index contributed by atoms with van der Waals surface area (Å²) in [7, 11) is 1.65. The summed E-state index contributed by atoms with van der Waals surface area (Å²) in [6.07, 6.45) is 8.94. The zero-order chi connectivity index (χ0) is 25.7. The van der Waals surface area contributed by atoms with Gasteiger partial charge in [-0.2, -0.15) is 0 Å². The van der Waals surface area contributed by atoms with E-state index in [0.29, 0.717) is 19.3 Å². The normalized spacial score (nSPS) is 35.5. The molecule has 1 aliphatic carbocycles. The Labute approximate surface area is 211 Å². The molecule has 2 aliphatic rings. The number of halogens is 1. The van der Waals surface area contributed by atoms with Crippen LogP contribution in [0.1, 0.15) is 80.6 Å². The number of hydrogen-bond acceptors (Lipinski definition) is 5. The van der Waals surface area contributed by atoms with Crippen molar-refractivity contribution in [3.8, 4) is 0 Å². The summed E-state index contributed by atoms with van der Waals surface area (Å²) in [5, 5.41) is 11.7.